The molecule has 0 radical (unpaired) electrons. The number of carboxylic acid groups (broad SMARTS) is 1. The van der Waals surface area contributed by atoms with E-state index in [1.807, 2.05) is 48.5 Å². The van der Waals surface area contributed by atoms with Crippen LogP contribution in [0.4, 0.5) is 5.69 Å². The summed E-state index contributed by atoms with van der Waals surface area (Å²) >= 11 is 0. The molecule has 1 atom stereocenters. The highest BCUT2D eigenvalue weighted by atomic mass is 16.5. The molecule has 0 spiro atoms. The minimum Gasteiger partial charge on any atom is -0.497 e. The Kier molecular flexibility index (Phi) is 11.6. The van der Waals surface area contributed by atoms with E-state index in [1.54, 1.807) is 66.6 Å². The average molecular weight is 655 g/mol. The monoisotopic (exact) mass is 654 g/mol. The lowest BCUT2D eigenvalue weighted by Crippen LogP contribution is -2.30. The fourth-order valence-electron chi connectivity index (χ4n) is 4.99. The van der Waals surface area contributed by atoms with E-state index in [9.17, 15) is 24.6 Å². The van der Waals surface area contributed by atoms with E-state index in [2.05, 4.69) is 28.9 Å². The van der Waals surface area contributed by atoms with Crippen molar-refractivity contribution in [1.29, 1.82) is 0 Å². The SMILES string of the molecule is COc1ccc(CC(=O)Nc2ccc(C(O)N(CCC(=O)O)Cc3c#cc(OC(=O)C4=C=C=C(Cc5ccccc5)C=C4)cc3)cc2)cc1. The van der Waals surface area contributed by atoms with Gasteiger partial charge >= 0.3 is 11.9 Å². The molecule has 9 nitrogen and oxygen atoms in total. The zero-order valence-electron chi connectivity index (χ0n) is 26.8. The minimum atomic E-state index is -1.15. The van der Waals surface area contributed by atoms with Crippen molar-refractivity contribution in [3.63, 3.8) is 0 Å². The van der Waals surface area contributed by atoms with Gasteiger partial charge in [0, 0.05) is 36.3 Å². The molecule has 1 amide bonds. The summed E-state index contributed by atoms with van der Waals surface area (Å²) in [4.78, 5) is 38.2. The Hall–Kier alpha value is -6.13. The number of anilines is 1. The number of hydrogen-bond donors (Lipinski definition) is 3. The number of ether oxygens (including phenoxy) is 2. The van der Waals surface area contributed by atoms with Crippen LogP contribution in [0.3, 0.4) is 0 Å². The summed E-state index contributed by atoms with van der Waals surface area (Å²) in [6, 6.07) is 32.8. The number of hydrogen-bond acceptors (Lipinski definition) is 7. The average Bonchev–Trinajstić information content (AvgIpc) is 3.12. The summed E-state index contributed by atoms with van der Waals surface area (Å²) < 4.78 is 10.6. The normalized spacial score (nSPS) is 12.4. The fraction of sp³-hybridized carbons (Fsp3) is 0.175. The molecule has 1 unspecified atom stereocenters. The van der Waals surface area contributed by atoms with Crippen LogP contribution in [0.1, 0.15) is 34.9 Å². The highest BCUT2D eigenvalue weighted by molar-refractivity contribution is 5.93. The number of nitrogens with one attached hydrogen (secondary N) is 1. The molecule has 0 saturated heterocycles. The largest absolute Gasteiger partial charge is 0.497 e. The van der Waals surface area contributed by atoms with Crippen LogP contribution < -0.4 is 14.8 Å². The maximum absolute atomic E-state index is 12.7. The van der Waals surface area contributed by atoms with Crippen molar-refractivity contribution in [2.24, 2.45) is 0 Å². The Morgan fingerprint density at radius 2 is 1.61 bits per heavy atom. The molecule has 3 N–H and O–H groups in total. The molecule has 4 aromatic rings. The maximum atomic E-state index is 12.7. The summed E-state index contributed by atoms with van der Waals surface area (Å²) in [6.45, 7) is 0.194. The van der Waals surface area contributed by atoms with E-state index in [0.29, 0.717) is 29.0 Å². The first-order valence-electron chi connectivity index (χ1n) is 15.5. The lowest BCUT2D eigenvalue weighted by molar-refractivity contribution is -0.138. The molecule has 5 rings (SSSR count). The number of aliphatic hydroxyl groups excluding tert-OH is 1. The van der Waals surface area contributed by atoms with Crippen molar-refractivity contribution in [3.05, 3.63) is 160 Å². The van der Waals surface area contributed by atoms with Gasteiger partial charge in [-0.3, -0.25) is 14.5 Å². The van der Waals surface area contributed by atoms with Crippen LogP contribution in [-0.2, 0) is 33.8 Å². The predicted octanol–water partition coefficient (Wildman–Crippen LogP) is 5.77. The number of nitrogens with zero attached hydrogens (tertiary/aromatic N) is 1. The molecule has 1 aliphatic carbocycles. The van der Waals surface area contributed by atoms with Gasteiger partial charge in [0.15, 0.2) is 5.75 Å². The van der Waals surface area contributed by atoms with Gasteiger partial charge in [0.05, 0.1) is 20.0 Å². The van der Waals surface area contributed by atoms with Gasteiger partial charge in [0.2, 0.25) is 5.91 Å². The zero-order chi connectivity index (χ0) is 34.6. The van der Waals surface area contributed by atoms with E-state index >= 15 is 0 Å². The number of rotatable bonds is 15. The predicted molar refractivity (Wildman–Crippen MR) is 182 cm³/mol. The highest BCUT2D eigenvalue weighted by Crippen LogP contribution is 2.23. The number of aliphatic hydroxyl groups is 1. The number of aliphatic carboxylic acids is 1. The van der Waals surface area contributed by atoms with E-state index in [-0.39, 0.29) is 43.2 Å². The summed E-state index contributed by atoms with van der Waals surface area (Å²) in [5.41, 5.74) is 10.6. The molecule has 9 heteroatoms. The maximum Gasteiger partial charge on any atom is 0.352 e. The minimum absolute atomic E-state index is 0.0496. The standard InChI is InChI=1S/C40H34N2O7/c1-48-35-19-9-30(10-20-35)26-37(43)41-34-17-15-32(16-18-34)39(46)42(24-23-38(44)45)27-31-11-21-36(22-12-31)49-40(47)33-13-7-29(8-14-33)25-28-5-3-2-4-6-28/h2-7,9-11,13,15-21,39,46H,23-27H2,1H3,(H,41,43)(H,44,45). The van der Waals surface area contributed by atoms with Crippen molar-refractivity contribution in [2.45, 2.75) is 32.0 Å². The number of carbonyl (C=O) groups excluding carboxylic acids is 2. The van der Waals surface area contributed by atoms with Gasteiger partial charge in [-0.15, -0.1) is 0 Å². The van der Waals surface area contributed by atoms with Gasteiger partial charge in [-0.2, -0.15) is 0 Å². The van der Waals surface area contributed by atoms with E-state index in [4.69, 9.17) is 9.47 Å². The first kappa shape index (κ1) is 34.2. The van der Waals surface area contributed by atoms with Crippen LogP contribution in [0.15, 0.2) is 126 Å². The van der Waals surface area contributed by atoms with E-state index in [0.717, 1.165) is 16.7 Å². The van der Waals surface area contributed by atoms with Crippen molar-refractivity contribution in [2.75, 3.05) is 19.0 Å². The second-order valence-corrected chi connectivity index (χ2v) is 11.2. The lowest BCUT2D eigenvalue weighted by atomic mass is 10.0. The Morgan fingerprint density at radius 3 is 2.24 bits per heavy atom. The van der Waals surface area contributed by atoms with Crippen molar-refractivity contribution < 1.29 is 34.1 Å². The van der Waals surface area contributed by atoms with Crippen LogP contribution >= 0.6 is 0 Å². The third kappa shape index (κ3) is 10.2. The Bertz CT molecular complexity index is 1900. The van der Waals surface area contributed by atoms with Crippen LogP contribution in [0.25, 0.3) is 0 Å². The Labute approximate surface area is 284 Å². The first-order chi connectivity index (χ1) is 23.7. The van der Waals surface area contributed by atoms with E-state index < -0.39 is 18.2 Å². The van der Waals surface area contributed by atoms with Gasteiger partial charge in [-0.1, -0.05) is 72.1 Å². The third-order valence-electron chi connectivity index (χ3n) is 7.60. The fourth-order valence-corrected chi connectivity index (χ4v) is 4.99. The molecule has 0 bridgehead atoms. The number of esters is 1. The summed E-state index contributed by atoms with van der Waals surface area (Å²) in [7, 11) is 1.58. The second kappa shape index (κ2) is 16.6. The van der Waals surface area contributed by atoms with Gasteiger partial charge in [0.1, 0.15) is 17.6 Å². The molecule has 246 valence electrons. The molecule has 0 aliphatic heterocycles. The third-order valence-corrected chi connectivity index (χ3v) is 7.60. The number of carbonyl (C=O) groups is 3. The molecule has 49 heavy (non-hydrogen) atoms. The molecule has 0 fully saturated rings. The molecule has 0 saturated carbocycles. The van der Waals surface area contributed by atoms with Crippen molar-refractivity contribution in [3.8, 4) is 11.5 Å². The summed E-state index contributed by atoms with van der Waals surface area (Å²) in [6.07, 6.45) is 2.95. The highest BCUT2D eigenvalue weighted by Gasteiger charge is 2.20. The number of methoxy groups -OCH3 is 1. The van der Waals surface area contributed by atoms with Gasteiger partial charge in [-0.25, -0.2) is 4.79 Å². The molecule has 0 heterocycles. The quantitative estimate of drug-likeness (QED) is 0.0839. The zero-order valence-corrected chi connectivity index (χ0v) is 26.8. The molecular weight excluding hydrogens is 620 g/mol. The number of benzene rings is 3. The smallest absolute Gasteiger partial charge is 0.352 e. The Balaban J connectivity index is 1.18. The van der Waals surface area contributed by atoms with Gasteiger partial charge < -0.3 is 25.0 Å². The summed E-state index contributed by atoms with van der Waals surface area (Å²) in [5, 5.41) is 23.4. The van der Waals surface area contributed by atoms with Crippen LogP contribution in [0.2, 0.25) is 0 Å². The Morgan fingerprint density at radius 1 is 0.857 bits per heavy atom. The molecular formula is C40H34N2O7. The van der Waals surface area contributed by atoms with Crippen LogP contribution in [0, 0.1) is 12.1 Å². The second-order valence-electron chi connectivity index (χ2n) is 11.2. The van der Waals surface area contributed by atoms with Gasteiger partial charge in [-0.05, 0) is 71.3 Å². The first-order valence-corrected chi connectivity index (χ1v) is 15.5. The number of allylic oxidation sites excluding steroid dienone is 2. The molecule has 0 aromatic heterocycles. The lowest BCUT2D eigenvalue weighted by Gasteiger charge is -2.27. The van der Waals surface area contributed by atoms with Crippen LogP contribution in [0.5, 0.6) is 11.5 Å². The number of carboxylic acids is 1. The molecule has 1 aliphatic rings. The summed E-state index contributed by atoms with van der Waals surface area (Å²) in [5.74, 6) is -0.959. The topological polar surface area (TPSA) is 125 Å². The van der Waals surface area contributed by atoms with Crippen molar-refractivity contribution in [1.82, 2.24) is 4.90 Å². The van der Waals surface area contributed by atoms with Gasteiger partial charge in [0.25, 0.3) is 0 Å². The van der Waals surface area contributed by atoms with Crippen molar-refractivity contribution >= 4 is 23.5 Å². The van der Waals surface area contributed by atoms with Crippen LogP contribution in [-0.4, -0.2) is 46.6 Å². The number of amides is 1. The molecule has 4 aromatic carbocycles. The van der Waals surface area contributed by atoms with E-state index in [1.165, 1.54) is 0 Å².